The Morgan fingerprint density at radius 2 is 2.00 bits per heavy atom. The number of aliphatic hydroxyl groups is 1. The van der Waals surface area contributed by atoms with Gasteiger partial charge < -0.3 is 15.3 Å². The number of hydrogen-bond donors (Lipinski definition) is 2. The lowest BCUT2D eigenvalue weighted by molar-refractivity contribution is 0.127. The van der Waals surface area contributed by atoms with E-state index in [1.54, 1.807) is 0 Å². The highest BCUT2D eigenvalue weighted by Gasteiger charge is 2.32. The van der Waals surface area contributed by atoms with Gasteiger partial charge in [0, 0.05) is 37.7 Å². The third-order valence-corrected chi connectivity index (χ3v) is 5.05. The molecule has 1 aromatic carbocycles. The summed E-state index contributed by atoms with van der Waals surface area (Å²) in [6, 6.07) is 11.8. The van der Waals surface area contributed by atoms with Crippen LogP contribution in [0.1, 0.15) is 38.7 Å². The van der Waals surface area contributed by atoms with Crippen LogP contribution >= 0.6 is 0 Å². The van der Waals surface area contributed by atoms with Crippen LogP contribution in [0.5, 0.6) is 0 Å². The van der Waals surface area contributed by atoms with Crippen LogP contribution in [0, 0.1) is 5.41 Å². The number of aliphatic hydroxyl groups excluding tert-OH is 1. The first-order valence-corrected chi connectivity index (χ1v) is 8.03. The van der Waals surface area contributed by atoms with Crippen molar-refractivity contribution in [1.82, 2.24) is 10.2 Å². The standard InChI is InChI=1S/C18H30N2O/c1-14-10-16(12-20(14)4)19-11-17(18(2,3)13-21)15-8-6-5-7-9-15/h5-9,14,16-17,19,21H,10-13H2,1-4H3/t14-,16-,17+/m1/s1. The van der Waals surface area contributed by atoms with E-state index in [9.17, 15) is 5.11 Å². The van der Waals surface area contributed by atoms with Crippen LogP contribution in [0.2, 0.25) is 0 Å². The van der Waals surface area contributed by atoms with Crippen LogP contribution in [-0.2, 0) is 0 Å². The van der Waals surface area contributed by atoms with Gasteiger partial charge >= 0.3 is 0 Å². The van der Waals surface area contributed by atoms with E-state index in [-0.39, 0.29) is 12.0 Å². The maximum atomic E-state index is 9.77. The van der Waals surface area contributed by atoms with Gasteiger partial charge in [0.15, 0.2) is 0 Å². The van der Waals surface area contributed by atoms with E-state index in [2.05, 4.69) is 62.3 Å². The number of nitrogens with one attached hydrogen (secondary N) is 1. The molecule has 3 atom stereocenters. The molecule has 0 spiro atoms. The average Bonchev–Trinajstić information content (AvgIpc) is 2.79. The molecule has 1 aliphatic rings. The summed E-state index contributed by atoms with van der Waals surface area (Å²) in [6.07, 6.45) is 1.21. The molecule has 2 N–H and O–H groups in total. The molecular weight excluding hydrogens is 260 g/mol. The van der Waals surface area contributed by atoms with E-state index in [4.69, 9.17) is 0 Å². The summed E-state index contributed by atoms with van der Waals surface area (Å²) < 4.78 is 0. The first-order valence-electron chi connectivity index (χ1n) is 8.03. The Morgan fingerprint density at radius 3 is 2.52 bits per heavy atom. The van der Waals surface area contributed by atoms with Gasteiger partial charge in [-0.2, -0.15) is 0 Å². The number of rotatable bonds is 6. The van der Waals surface area contributed by atoms with Crippen LogP contribution in [0.4, 0.5) is 0 Å². The van der Waals surface area contributed by atoms with E-state index in [1.807, 2.05) is 6.07 Å². The molecule has 0 bridgehead atoms. The van der Waals surface area contributed by atoms with Crippen LogP contribution < -0.4 is 5.32 Å². The molecule has 2 rings (SSSR count). The summed E-state index contributed by atoms with van der Waals surface area (Å²) in [5.74, 6) is 0.324. The van der Waals surface area contributed by atoms with Crippen molar-refractivity contribution in [3.8, 4) is 0 Å². The molecule has 1 aliphatic heterocycles. The Bertz CT molecular complexity index is 422. The fourth-order valence-corrected chi connectivity index (χ4v) is 3.27. The molecule has 1 heterocycles. The largest absolute Gasteiger partial charge is 0.396 e. The first kappa shape index (κ1) is 16.5. The predicted molar refractivity (Wildman–Crippen MR) is 88.5 cm³/mol. The molecule has 1 saturated heterocycles. The zero-order chi connectivity index (χ0) is 15.5. The van der Waals surface area contributed by atoms with Gasteiger partial charge in [-0.15, -0.1) is 0 Å². The first-order chi connectivity index (χ1) is 9.94. The molecular formula is C18H30N2O. The average molecular weight is 290 g/mol. The Hall–Kier alpha value is -0.900. The van der Waals surface area contributed by atoms with Crippen LogP contribution in [0.25, 0.3) is 0 Å². The van der Waals surface area contributed by atoms with Crippen LogP contribution in [0.3, 0.4) is 0 Å². The number of likely N-dealkylation sites (N-methyl/N-ethyl adjacent to an activating group) is 1. The monoisotopic (exact) mass is 290 g/mol. The lowest BCUT2D eigenvalue weighted by Crippen LogP contribution is -2.39. The van der Waals surface area contributed by atoms with Gasteiger partial charge in [0.25, 0.3) is 0 Å². The topological polar surface area (TPSA) is 35.5 Å². The minimum Gasteiger partial charge on any atom is -0.396 e. The second-order valence-electron chi connectivity index (χ2n) is 7.24. The molecule has 0 amide bonds. The zero-order valence-electron chi connectivity index (χ0n) is 13.8. The van der Waals surface area contributed by atoms with Gasteiger partial charge in [-0.05, 0) is 31.4 Å². The fourth-order valence-electron chi connectivity index (χ4n) is 3.27. The summed E-state index contributed by atoms with van der Waals surface area (Å²) in [5, 5.41) is 13.5. The van der Waals surface area contributed by atoms with Crippen molar-refractivity contribution in [3.63, 3.8) is 0 Å². The van der Waals surface area contributed by atoms with E-state index < -0.39 is 0 Å². The third kappa shape index (κ3) is 4.06. The van der Waals surface area contributed by atoms with Gasteiger partial charge in [0.1, 0.15) is 0 Å². The number of benzene rings is 1. The molecule has 0 unspecified atom stereocenters. The smallest absolute Gasteiger partial charge is 0.0488 e. The van der Waals surface area contributed by atoms with E-state index in [0.717, 1.165) is 13.1 Å². The van der Waals surface area contributed by atoms with Crippen molar-refractivity contribution in [2.75, 3.05) is 26.7 Å². The zero-order valence-corrected chi connectivity index (χ0v) is 13.8. The van der Waals surface area contributed by atoms with Crippen LogP contribution in [-0.4, -0.2) is 48.8 Å². The molecule has 1 fully saturated rings. The Morgan fingerprint density at radius 1 is 1.33 bits per heavy atom. The highest BCUT2D eigenvalue weighted by atomic mass is 16.3. The van der Waals surface area contributed by atoms with Crippen molar-refractivity contribution in [2.45, 2.75) is 45.2 Å². The molecule has 0 aliphatic carbocycles. The SMILES string of the molecule is C[C@@H]1C[C@@H](NC[C@@H](c2ccccc2)C(C)(C)CO)CN1C. The second-order valence-corrected chi connectivity index (χ2v) is 7.24. The molecule has 0 aromatic heterocycles. The van der Waals surface area contributed by atoms with Crippen LogP contribution in [0.15, 0.2) is 30.3 Å². The summed E-state index contributed by atoms with van der Waals surface area (Å²) in [4.78, 5) is 2.41. The van der Waals surface area contributed by atoms with E-state index in [0.29, 0.717) is 18.0 Å². The van der Waals surface area contributed by atoms with Gasteiger partial charge in [0.05, 0.1) is 0 Å². The molecule has 21 heavy (non-hydrogen) atoms. The van der Waals surface area contributed by atoms with E-state index in [1.165, 1.54) is 12.0 Å². The highest BCUT2D eigenvalue weighted by Crippen LogP contribution is 2.34. The van der Waals surface area contributed by atoms with E-state index >= 15 is 0 Å². The lowest BCUT2D eigenvalue weighted by Gasteiger charge is -2.34. The summed E-state index contributed by atoms with van der Waals surface area (Å²) >= 11 is 0. The third-order valence-electron chi connectivity index (χ3n) is 5.05. The maximum absolute atomic E-state index is 9.77. The van der Waals surface area contributed by atoms with Gasteiger partial charge in [0.2, 0.25) is 0 Å². The molecule has 118 valence electrons. The quantitative estimate of drug-likeness (QED) is 0.845. The normalized spacial score (nSPS) is 25.2. The van der Waals surface area contributed by atoms with Crippen molar-refractivity contribution < 1.29 is 5.11 Å². The predicted octanol–water partition coefficient (Wildman–Crippen LogP) is 2.47. The Balaban J connectivity index is 2.04. The fraction of sp³-hybridized carbons (Fsp3) is 0.667. The van der Waals surface area contributed by atoms with Gasteiger partial charge in [-0.3, -0.25) is 0 Å². The number of hydrogen-bond acceptors (Lipinski definition) is 3. The van der Waals surface area contributed by atoms with Gasteiger partial charge in [-0.1, -0.05) is 44.2 Å². The lowest BCUT2D eigenvalue weighted by atomic mass is 9.75. The maximum Gasteiger partial charge on any atom is 0.0488 e. The van der Waals surface area contributed by atoms with Crippen molar-refractivity contribution in [1.29, 1.82) is 0 Å². The van der Waals surface area contributed by atoms with Crippen molar-refractivity contribution >= 4 is 0 Å². The molecule has 1 aromatic rings. The highest BCUT2D eigenvalue weighted by molar-refractivity contribution is 5.22. The summed E-state index contributed by atoms with van der Waals surface area (Å²) in [5.41, 5.74) is 1.19. The Labute approximate surface area is 129 Å². The molecule has 3 heteroatoms. The summed E-state index contributed by atoms with van der Waals surface area (Å²) in [7, 11) is 2.19. The number of nitrogens with zero attached hydrogens (tertiary/aromatic N) is 1. The Kier molecular flexibility index (Phi) is 5.42. The molecule has 0 radical (unpaired) electrons. The van der Waals surface area contributed by atoms with Crippen molar-refractivity contribution in [2.24, 2.45) is 5.41 Å². The minimum atomic E-state index is -0.121. The number of likely N-dealkylation sites (tertiary alicyclic amines) is 1. The second kappa shape index (κ2) is 6.91. The minimum absolute atomic E-state index is 0.121. The molecule has 3 nitrogen and oxygen atoms in total. The molecule has 0 saturated carbocycles. The van der Waals surface area contributed by atoms with Gasteiger partial charge in [-0.25, -0.2) is 0 Å². The van der Waals surface area contributed by atoms with Crippen molar-refractivity contribution in [3.05, 3.63) is 35.9 Å². The summed E-state index contributed by atoms with van der Waals surface area (Å²) in [6.45, 7) is 8.82.